The van der Waals surface area contributed by atoms with Crippen LogP contribution in [0.15, 0.2) is 48.5 Å². The second-order valence-electron chi connectivity index (χ2n) is 5.68. The van der Waals surface area contributed by atoms with Crippen molar-refractivity contribution >= 4 is 17.8 Å². The zero-order valence-electron chi connectivity index (χ0n) is 15.0. The number of para-hydroxylation sites is 3. The van der Waals surface area contributed by atoms with Crippen molar-refractivity contribution in [2.45, 2.75) is 6.10 Å². The van der Waals surface area contributed by atoms with Gasteiger partial charge < -0.3 is 18.9 Å². The topological polar surface area (TPSA) is 112 Å². The molecule has 9 nitrogen and oxygen atoms in total. The van der Waals surface area contributed by atoms with Crippen molar-refractivity contribution in [3.63, 3.8) is 0 Å². The Morgan fingerprint density at radius 1 is 1.04 bits per heavy atom. The smallest absolute Gasteiger partial charge is 0.342 e. The lowest BCUT2D eigenvalue weighted by Gasteiger charge is -2.25. The number of carbonyl (C=O) groups is 3. The van der Waals surface area contributed by atoms with Crippen LogP contribution in [0, 0.1) is 0 Å². The zero-order valence-corrected chi connectivity index (χ0v) is 15.0. The fraction of sp³-hybridized carbons (Fsp3) is 0.211. The van der Waals surface area contributed by atoms with Gasteiger partial charge in [-0.15, -0.1) is 0 Å². The normalized spacial score (nSPS) is 14.5. The summed E-state index contributed by atoms with van der Waals surface area (Å²) in [4.78, 5) is 35.9. The molecule has 0 saturated heterocycles. The highest BCUT2D eigenvalue weighted by Crippen LogP contribution is 2.30. The van der Waals surface area contributed by atoms with Gasteiger partial charge in [0.2, 0.25) is 6.10 Å². The van der Waals surface area contributed by atoms with Crippen molar-refractivity contribution in [3.05, 3.63) is 54.1 Å². The lowest BCUT2D eigenvalue weighted by atomic mass is 10.2. The summed E-state index contributed by atoms with van der Waals surface area (Å²) in [6.07, 6.45) is -0.925. The summed E-state index contributed by atoms with van der Waals surface area (Å²) in [5.41, 5.74) is 4.55. The van der Waals surface area contributed by atoms with E-state index in [1.54, 1.807) is 42.5 Å². The van der Waals surface area contributed by atoms with E-state index in [2.05, 4.69) is 10.9 Å². The molecule has 1 atom stereocenters. The van der Waals surface area contributed by atoms with Crippen molar-refractivity contribution in [2.24, 2.45) is 0 Å². The predicted octanol–water partition coefficient (Wildman–Crippen LogP) is 0.839. The highest BCUT2D eigenvalue weighted by atomic mass is 16.6. The molecule has 2 aromatic carbocycles. The molecule has 146 valence electrons. The van der Waals surface area contributed by atoms with E-state index in [0.29, 0.717) is 17.2 Å². The number of methoxy groups -OCH3 is 1. The van der Waals surface area contributed by atoms with E-state index in [1.165, 1.54) is 13.2 Å². The quantitative estimate of drug-likeness (QED) is 0.578. The van der Waals surface area contributed by atoms with Gasteiger partial charge >= 0.3 is 5.97 Å². The molecule has 2 N–H and O–H groups in total. The molecule has 2 amide bonds. The third kappa shape index (κ3) is 4.50. The molecular formula is C19H18N2O7. The average molecular weight is 386 g/mol. The second kappa shape index (κ2) is 8.76. The van der Waals surface area contributed by atoms with Gasteiger partial charge in [0, 0.05) is 0 Å². The standard InChI is InChI=1S/C19H18N2O7/c1-25-13-7-3-2-6-12(13)19(24)27-11-17(22)20-21-18(23)16-10-26-14-8-4-5-9-15(14)28-16/h2-9,16H,10-11H2,1H3,(H,20,22)(H,21,23)/t16-/m1/s1. The molecule has 0 radical (unpaired) electrons. The van der Waals surface area contributed by atoms with E-state index in [4.69, 9.17) is 18.9 Å². The summed E-state index contributed by atoms with van der Waals surface area (Å²) in [5.74, 6) is -0.729. The molecule has 1 heterocycles. The Morgan fingerprint density at radius 2 is 1.75 bits per heavy atom. The minimum Gasteiger partial charge on any atom is -0.496 e. The van der Waals surface area contributed by atoms with Gasteiger partial charge in [-0.3, -0.25) is 20.4 Å². The first-order valence-electron chi connectivity index (χ1n) is 8.36. The number of ether oxygens (including phenoxy) is 4. The molecular weight excluding hydrogens is 368 g/mol. The second-order valence-corrected chi connectivity index (χ2v) is 5.68. The van der Waals surface area contributed by atoms with Gasteiger partial charge in [0.15, 0.2) is 18.1 Å². The molecule has 0 bridgehead atoms. The van der Waals surface area contributed by atoms with E-state index in [-0.39, 0.29) is 12.2 Å². The Bertz CT molecular complexity index is 884. The fourth-order valence-electron chi connectivity index (χ4n) is 2.42. The number of rotatable bonds is 5. The Labute approximate surface area is 160 Å². The summed E-state index contributed by atoms with van der Waals surface area (Å²) in [5, 5.41) is 0. The monoisotopic (exact) mass is 386 g/mol. The van der Waals surface area contributed by atoms with E-state index in [0.717, 1.165) is 0 Å². The maximum atomic E-state index is 12.1. The van der Waals surface area contributed by atoms with Gasteiger partial charge in [0.1, 0.15) is 17.9 Å². The first kappa shape index (κ1) is 19.0. The molecule has 2 aromatic rings. The number of hydrogen-bond donors (Lipinski definition) is 2. The Morgan fingerprint density at radius 3 is 2.54 bits per heavy atom. The summed E-state index contributed by atoms with van der Waals surface area (Å²) in [6, 6.07) is 13.4. The van der Waals surface area contributed by atoms with Crippen LogP contribution in [0.25, 0.3) is 0 Å². The number of esters is 1. The average Bonchev–Trinajstić information content (AvgIpc) is 2.75. The van der Waals surface area contributed by atoms with Crippen molar-refractivity contribution in [3.8, 4) is 17.2 Å². The van der Waals surface area contributed by atoms with E-state index < -0.39 is 30.5 Å². The molecule has 0 saturated carbocycles. The molecule has 0 fully saturated rings. The molecule has 3 rings (SSSR count). The Balaban J connectivity index is 1.44. The van der Waals surface area contributed by atoms with Crippen LogP contribution in [0.3, 0.4) is 0 Å². The van der Waals surface area contributed by atoms with Gasteiger partial charge in [-0.1, -0.05) is 24.3 Å². The summed E-state index contributed by atoms with van der Waals surface area (Å²) in [7, 11) is 1.42. The SMILES string of the molecule is COc1ccccc1C(=O)OCC(=O)NNC(=O)[C@H]1COc2ccccc2O1. The molecule has 0 unspecified atom stereocenters. The number of amides is 2. The fourth-order valence-corrected chi connectivity index (χ4v) is 2.42. The first-order chi connectivity index (χ1) is 13.6. The van der Waals surface area contributed by atoms with Crippen LogP contribution >= 0.6 is 0 Å². The van der Waals surface area contributed by atoms with Crippen LogP contribution in [-0.2, 0) is 14.3 Å². The van der Waals surface area contributed by atoms with E-state index >= 15 is 0 Å². The third-order valence-electron chi connectivity index (χ3n) is 3.79. The first-order valence-corrected chi connectivity index (χ1v) is 8.36. The number of hydrazine groups is 1. The van der Waals surface area contributed by atoms with E-state index in [1.807, 2.05) is 0 Å². The summed E-state index contributed by atoms with van der Waals surface area (Å²) < 4.78 is 20.9. The van der Waals surface area contributed by atoms with Gasteiger partial charge in [-0.25, -0.2) is 4.79 Å². The Kier molecular flexibility index (Phi) is 5.95. The van der Waals surface area contributed by atoms with Crippen LogP contribution in [0.2, 0.25) is 0 Å². The van der Waals surface area contributed by atoms with Crippen molar-refractivity contribution < 1.29 is 33.3 Å². The van der Waals surface area contributed by atoms with Crippen molar-refractivity contribution in [1.82, 2.24) is 10.9 Å². The maximum Gasteiger partial charge on any atom is 0.342 e. The van der Waals surface area contributed by atoms with Gasteiger partial charge in [-0.05, 0) is 24.3 Å². The number of carbonyl (C=O) groups excluding carboxylic acids is 3. The molecule has 0 aliphatic carbocycles. The van der Waals surface area contributed by atoms with Crippen LogP contribution in [0.4, 0.5) is 0 Å². The number of benzene rings is 2. The van der Waals surface area contributed by atoms with Crippen molar-refractivity contribution in [2.75, 3.05) is 20.3 Å². The Hall–Kier alpha value is -3.75. The van der Waals surface area contributed by atoms with Gasteiger partial charge in [0.05, 0.1) is 7.11 Å². The minimum atomic E-state index is -0.925. The van der Waals surface area contributed by atoms with Crippen LogP contribution < -0.4 is 25.1 Å². The summed E-state index contributed by atoms with van der Waals surface area (Å²) >= 11 is 0. The van der Waals surface area contributed by atoms with Crippen molar-refractivity contribution in [1.29, 1.82) is 0 Å². The zero-order chi connectivity index (χ0) is 19.9. The predicted molar refractivity (Wildman–Crippen MR) is 95.9 cm³/mol. The molecule has 0 aromatic heterocycles. The summed E-state index contributed by atoms with van der Waals surface area (Å²) in [6.45, 7) is -0.580. The number of fused-ring (bicyclic) bond motifs is 1. The van der Waals surface area contributed by atoms with Gasteiger partial charge in [-0.2, -0.15) is 0 Å². The largest absolute Gasteiger partial charge is 0.496 e. The third-order valence-corrected chi connectivity index (χ3v) is 3.79. The maximum absolute atomic E-state index is 12.1. The molecule has 28 heavy (non-hydrogen) atoms. The van der Waals surface area contributed by atoms with Crippen LogP contribution in [0.5, 0.6) is 17.2 Å². The highest BCUT2D eigenvalue weighted by molar-refractivity contribution is 5.94. The molecule has 0 spiro atoms. The van der Waals surface area contributed by atoms with Gasteiger partial charge in [0.25, 0.3) is 11.8 Å². The number of hydrogen-bond acceptors (Lipinski definition) is 7. The van der Waals surface area contributed by atoms with E-state index in [9.17, 15) is 14.4 Å². The molecule has 1 aliphatic rings. The highest BCUT2D eigenvalue weighted by Gasteiger charge is 2.27. The molecule has 1 aliphatic heterocycles. The number of nitrogens with one attached hydrogen (secondary N) is 2. The van der Waals surface area contributed by atoms with Crippen LogP contribution in [-0.4, -0.2) is 44.2 Å². The molecule has 9 heteroatoms. The lowest BCUT2D eigenvalue weighted by Crippen LogP contribution is -2.51. The lowest BCUT2D eigenvalue weighted by molar-refractivity contribution is -0.135. The minimum absolute atomic E-state index is 0.00149. The van der Waals surface area contributed by atoms with Crippen LogP contribution in [0.1, 0.15) is 10.4 Å².